The van der Waals surface area contributed by atoms with Gasteiger partial charge in [0.05, 0.1) is 31.2 Å². The smallest absolute Gasteiger partial charge is 0.420 e. The standard InChI is InChI=1S/C31H28F5N3O3/c1-41-20-11-7-18(8-12-20)16-39(17-19-9-13-21(42-2)14-10-19)25-15-23(32)27(31(34,35)36)26(28(25)33)29-37-24-6-4-3-5-22(24)30(40)38-29/h7-15H,3-6,16-17H2,1-2H3,(H,37,38,40). The fraction of sp³-hybridized carbons (Fsp3) is 0.290. The summed E-state index contributed by atoms with van der Waals surface area (Å²) in [6, 6.07) is 14.2. The highest BCUT2D eigenvalue weighted by molar-refractivity contribution is 5.70. The van der Waals surface area contributed by atoms with Gasteiger partial charge in [-0.3, -0.25) is 4.79 Å². The fourth-order valence-corrected chi connectivity index (χ4v) is 5.19. The molecule has 0 radical (unpaired) electrons. The van der Waals surface area contributed by atoms with E-state index in [-0.39, 0.29) is 13.1 Å². The molecule has 11 heteroatoms. The first-order chi connectivity index (χ1) is 20.1. The van der Waals surface area contributed by atoms with Crippen molar-refractivity contribution in [2.24, 2.45) is 0 Å². The number of aryl methyl sites for hydroxylation is 1. The van der Waals surface area contributed by atoms with Crippen LogP contribution >= 0.6 is 0 Å². The third-order valence-electron chi connectivity index (χ3n) is 7.31. The second-order valence-corrected chi connectivity index (χ2v) is 10.0. The number of halogens is 5. The molecule has 1 heterocycles. The number of benzene rings is 3. The van der Waals surface area contributed by atoms with Crippen LogP contribution in [0.1, 0.15) is 40.8 Å². The van der Waals surface area contributed by atoms with E-state index in [4.69, 9.17) is 9.47 Å². The summed E-state index contributed by atoms with van der Waals surface area (Å²) in [6.45, 7) is 0.0383. The van der Waals surface area contributed by atoms with Gasteiger partial charge in [-0.05, 0) is 61.1 Å². The van der Waals surface area contributed by atoms with E-state index in [0.29, 0.717) is 59.2 Å². The van der Waals surface area contributed by atoms with Crippen molar-refractivity contribution in [1.82, 2.24) is 9.97 Å². The average Bonchev–Trinajstić information content (AvgIpc) is 2.97. The van der Waals surface area contributed by atoms with Crippen molar-refractivity contribution >= 4 is 5.69 Å². The molecule has 6 nitrogen and oxygen atoms in total. The number of methoxy groups -OCH3 is 2. The lowest BCUT2D eigenvalue weighted by Gasteiger charge is -2.28. The number of H-pyrrole nitrogens is 1. The first-order valence-electron chi connectivity index (χ1n) is 13.3. The maximum Gasteiger partial charge on any atom is 0.420 e. The van der Waals surface area contributed by atoms with Gasteiger partial charge in [-0.1, -0.05) is 24.3 Å². The molecule has 0 unspecified atom stereocenters. The van der Waals surface area contributed by atoms with Crippen LogP contribution < -0.4 is 19.9 Å². The first-order valence-corrected chi connectivity index (χ1v) is 13.3. The summed E-state index contributed by atoms with van der Waals surface area (Å²) in [5.74, 6) is -2.51. The fourth-order valence-electron chi connectivity index (χ4n) is 5.19. The molecule has 0 amide bonds. The summed E-state index contributed by atoms with van der Waals surface area (Å²) >= 11 is 0. The second-order valence-electron chi connectivity index (χ2n) is 10.0. The number of aromatic nitrogens is 2. The Labute approximate surface area is 238 Å². The van der Waals surface area contributed by atoms with E-state index < -0.39 is 46.0 Å². The van der Waals surface area contributed by atoms with Crippen molar-refractivity contribution in [3.8, 4) is 22.9 Å². The maximum absolute atomic E-state index is 16.5. The van der Waals surface area contributed by atoms with Crippen LogP contribution in [0.3, 0.4) is 0 Å². The number of hydrogen-bond acceptors (Lipinski definition) is 5. The zero-order valence-electron chi connectivity index (χ0n) is 22.9. The maximum atomic E-state index is 16.5. The molecule has 0 atom stereocenters. The molecule has 0 saturated carbocycles. The number of fused-ring (bicyclic) bond motifs is 1. The van der Waals surface area contributed by atoms with Crippen LogP contribution in [-0.4, -0.2) is 24.2 Å². The molecule has 5 rings (SSSR count). The molecule has 42 heavy (non-hydrogen) atoms. The summed E-state index contributed by atoms with van der Waals surface area (Å²) in [6.07, 6.45) is -3.07. The van der Waals surface area contributed by atoms with Crippen molar-refractivity contribution in [2.45, 2.75) is 44.9 Å². The third-order valence-corrected chi connectivity index (χ3v) is 7.31. The number of ether oxygens (including phenoxy) is 2. The lowest BCUT2D eigenvalue weighted by molar-refractivity contribution is -0.139. The number of alkyl halides is 3. The van der Waals surface area contributed by atoms with E-state index >= 15 is 8.78 Å². The molecule has 0 bridgehead atoms. The highest BCUT2D eigenvalue weighted by Crippen LogP contribution is 2.43. The van der Waals surface area contributed by atoms with Crippen LogP contribution in [-0.2, 0) is 32.1 Å². The van der Waals surface area contributed by atoms with E-state index in [1.54, 1.807) is 48.5 Å². The van der Waals surface area contributed by atoms with Gasteiger partial charge >= 0.3 is 6.18 Å². The summed E-state index contributed by atoms with van der Waals surface area (Å²) in [4.78, 5) is 20.8. The van der Waals surface area contributed by atoms with Crippen molar-refractivity contribution < 1.29 is 31.4 Å². The average molecular weight is 586 g/mol. The van der Waals surface area contributed by atoms with Crippen LogP contribution in [0.25, 0.3) is 11.4 Å². The molecule has 0 fully saturated rings. The van der Waals surface area contributed by atoms with Gasteiger partial charge in [0.2, 0.25) is 0 Å². The van der Waals surface area contributed by atoms with Gasteiger partial charge in [-0.15, -0.1) is 0 Å². The Bertz CT molecular complexity index is 1590. The summed E-state index contributed by atoms with van der Waals surface area (Å²) in [5, 5.41) is 0. The molecule has 220 valence electrons. The molecule has 0 saturated heterocycles. The minimum absolute atomic E-state index is 0.0192. The molecule has 1 aliphatic rings. The molecule has 0 spiro atoms. The van der Waals surface area contributed by atoms with Gasteiger partial charge in [0, 0.05) is 24.7 Å². The number of nitrogens with zero attached hydrogens (tertiary/aromatic N) is 2. The minimum atomic E-state index is -5.26. The Kier molecular flexibility index (Phi) is 8.20. The van der Waals surface area contributed by atoms with Gasteiger partial charge in [0.15, 0.2) is 5.82 Å². The van der Waals surface area contributed by atoms with Gasteiger partial charge in [0.25, 0.3) is 5.56 Å². The van der Waals surface area contributed by atoms with E-state index in [1.807, 2.05) is 0 Å². The van der Waals surface area contributed by atoms with Gasteiger partial charge in [0.1, 0.15) is 28.7 Å². The topological polar surface area (TPSA) is 67.5 Å². The summed E-state index contributed by atoms with van der Waals surface area (Å²) in [7, 11) is 3.01. The van der Waals surface area contributed by atoms with Crippen LogP contribution in [0.15, 0.2) is 59.4 Å². The van der Waals surface area contributed by atoms with E-state index in [1.165, 1.54) is 19.1 Å². The number of hydrogen-bond donors (Lipinski definition) is 1. The van der Waals surface area contributed by atoms with E-state index in [2.05, 4.69) is 9.97 Å². The zero-order valence-corrected chi connectivity index (χ0v) is 22.9. The predicted octanol–water partition coefficient (Wildman–Crippen LogP) is 6.84. The van der Waals surface area contributed by atoms with Gasteiger partial charge < -0.3 is 19.4 Å². The van der Waals surface area contributed by atoms with Crippen LogP contribution in [0, 0.1) is 11.6 Å². The summed E-state index contributed by atoms with van der Waals surface area (Å²) in [5.41, 5.74) is -2.02. The van der Waals surface area contributed by atoms with Crippen molar-refractivity contribution in [1.29, 1.82) is 0 Å². The van der Waals surface area contributed by atoms with Gasteiger partial charge in [-0.2, -0.15) is 13.2 Å². The lowest BCUT2D eigenvalue weighted by atomic mass is 9.96. The highest BCUT2D eigenvalue weighted by Gasteiger charge is 2.41. The van der Waals surface area contributed by atoms with Crippen molar-refractivity contribution in [2.75, 3.05) is 19.1 Å². The predicted molar refractivity (Wildman–Crippen MR) is 148 cm³/mol. The van der Waals surface area contributed by atoms with Crippen molar-refractivity contribution in [3.05, 3.63) is 105 Å². The molecular formula is C31H28F5N3O3. The Balaban J connectivity index is 1.68. The molecular weight excluding hydrogens is 557 g/mol. The third kappa shape index (κ3) is 5.95. The van der Waals surface area contributed by atoms with E-state index in [0.717, 1.165) is 6.42 Å². The monoisotopic (exact) mass is 585 g/mol. The number of anilines is 1. The number of rotatable bonds is 8. The minimum Gasteiger partial charge on any atom is -0.497 e. The normalized spacial score (nSPS) is 13.0. The van der Waals surface area contributed by atoms with Crippen LogP contribution in [0.4, 0.5) is 27.6 Å². The Hall–Kier alpha value is -4.41. The Morgan fingerprint density at radius 1 is 0.881 bits per heavy atom. The molecule has 3 aromatic carbocycles. The first kappa shape index (κ1) is 29.1. The Morgan fingerprint density at radius 3 is 1.95 bits per heavy atom. The number of aromatic amines is 1. The van der Waals surface area contributed by atoms with E-state index in [9.17, 15) is 18.0 Å². The lowest BCUT2D eigenvalue weighted by Crippen LogP contribution is -2.26. The van der Waals surface area contributed by atoms with Gasteiger partial charge in [-0.25, -0.2) is 13.8 Å². The molecule has 0 aliphatic heterocycles. The second kappa shape index (κ2) is 11.8. The van der Waals surface area contributed by atoms with Crippen molar-refractivity contribution in [3.63, 3.8) is 0 Å². The quantitative estimate of drug-likeness (QED) is 0.230. The summed E-state index contributed by atoms with van der Waals surface area (Å²) < 4.78 is 85.0. The number of nitrogens with one attached hydrogen (secondary N) is 1. The van der Waals surface area contributed by atoms with Crippen LogP contribution in [0.2, 0.25) is 0 Å². The zero-order chi connectivity index (χ0) is 30.0. The SMILES string of the molecule is COc1ccc(CN(Cc2ccc(OC)cc2)c2cc(F)c(C(F)(F)F)c(-c3nc4c(c(=O)[nH]3)CCCC4)c2F)cc1. The molecule has 1 aromatic heterocycles. The molecule has 1 N–H and O–H groups in total. The molecule has 4 aromatic rings. The Morgan fingerprint density at radius 2 is 1.43 bits per heavy atom. The van der Waals surface area contributed by atoms with Crippen LogP contribution in [0.5, 0.6) is 11.5 Å². The largest absolute Gasteiger partial charge is 0.497 e. The highest BCUT2D eigenvalue weighted by atomic mass is 19.4. The molecule has 1 aliphatic carbocycles.